The Morgan fingerprint density at radius 1 is 1.41 bits per heavy atom. The molecule has 0 bridgehead atoms. The van der Waals surface area contributed by atoms with E-state index in [0.717, 1.165) is 12.8 Å². The number of aldehydes is 1. The minimum absolute atomic E-state index is 0.103. The fraction of sp³-hybridized carbons (Fsp3) is 0.545. The highest BCUT2D eigenvalue weighted by atomic mass is 19.1. The Labute approximate surface area is 98.0 Å². The molecule has 1 aromatic heterocycles. The van der Waals surface area contributed by atoms with E-state index in [0.29, 0.717) is 18.0 Å². The Hall–Kier alpha value is -1.72. The maximum absolute atomic E-state index is 12.1. The number of aromatic nitrogens is 2. The Kier molecular flexibility index (Phi) is 3.51. The molecule has 1 heterocycles. The average Bonchev–Trinajstić information content (AvgIpc) is 3.19. The lowest BCUT2D eigenvalue weighted by molar-refractivity contribution is 0.111. The van der Waals surface area contributed by atoms with Crippen molar-refractivity contribution in [3.05, 3.63) is 11.4 Å². The Morgan fingerprint density at radius 3 is 2.65 bits per heavy atom. The van der Waals surface area contributed by atoms with Crippen LogP contribution in [0.5, 0.6) is 11.8 Å². The zero-order valence-electron chi connectivity index (χ0n) is 9.48. The van der Waals surface area contributed by atoms with Crippen LogP contribution in [0.2, 0.25) is 0 Å². The number of ether oxygens (including phenoxy) is 2. The molecule has 0 unspecified atom stereocenters. The Morgan fingerprint density at radius 2 is 2.12 bits per heavy atom. The third kappa shape index (κ3) is 2.51. The van der Waals surface area contributed by atoms with E-state index in [1.807, 2.05) is 0 Å². The van der Waals surface area contributed by atoms with Crippen LogP contribution < -0.4 is 9.47 Å². The van der Waals surface area contributed by atoms with Crippen LogP contribution in [0.25, 0.3) is 0 Å². The predicted molar refractivity (Wildman–Crippen MR) is 57.4 cm³/mol. The van der Waals surface area contributed by atoms with Gasteiger partial charge >= 0.3 is 0 Å². The Bertz CT molecular complexity index is 421. The highest BCUT2D eigenvalue weighted by Gasteiger charge is 2.29. The third-order valence-corrected chi connectivity index (χ3v) is 2.46. The average molecular weight is 240 g/mol. The molecular formula is C11H13FN2O3. The first-order valence-corrected chi connectivity index (χ1v) is 5.40. The van der Waals surface area contributed by atoms with E-state index in [-0.39, 0.29) is 23.9 Å². The molecule has 92 valence electrons. The number of alkyl halides is 1. The van der Waals surface area contributed by atoms with Crippen molar-refractivity contribution in [2.24, 2.45) is 0 Å². The largest absolute Gasteiger partial charge is 0.480 e. The van der Waals surface area contributed by atoms with Gasteiger partial charge in [0.2, 0.25) is 11.8 Å². The fourth-order valence-electron chi connectivity index (χ4n) is 1.47. The van der Waals surface area contributed by atoms with Crippen LogP contribution in [-0.2, 0) is 0 Å². The van der Waals surface area contributed by atoms with Crippen LogP contribution in [0.4, 0.5) is 4.39 Å². The van der Waals surface area contributed by atoms with E-state index in [1.54, 1.807) is 0 Å². The van der Waals surface area contributed by atoms with E-state index in [4.69, 9.17) is 9.47 Å². The molecule has 1 aliphatic carbocycles. The normalized spacial score (nSPS) is 14.5. The van der Waals surface area contributed by atoms with Crippen LogP contribution >= 0.6 is 0 Å². The number of carbonyl (C=O) groups excluding carboxylic acids is 1. The zero-order valence-corrected chi connectivity index (χ0v) is 9.48. The van der Waals surface area contributed by atoms with Gasteiger partial charge in [-0.1, -0.05) is 0 Å². The van der Waals surface area contributed by atoms with Crippen molar-refractivity contribution < 1.29 is 18.7 Å². The van der Waals surface area contributed by atoms with Gasteiger partial charge in [-0.25, -0.2) is 4.39 Å². The predicted octanol–water partition coefficient (Wildman–Crippen LogP) is 1.52. The quantitative estimate of drug-likeness (QED) is 0.705. The molecule has 0 saturated heterocycles. The van der Waals surface area contributed by atoms with Crippen molar-refractivity contribution in [2.45, 2.75) is 18.8 Å². The van der Waals surface area contributed by atoms with Gasteiger partial charge in [0.15, 0.2) is 6.29 Å². The van der Waals surface area contributed by atoms with Gasteiger partial charge in [-0.2, -0.15) is 9.97 Å². The van der Waals surface area contributed by atoms with Gasteiger partial charge in [0.05, 0.1) is 7.11 Å². The standard InChI is InChI=1S/C11H13FN2O3/c1-16-10-8(6-15)11(17-5-4-12)14-9(13-10)7-2-3-7/h6-7H,2-5H2,1H3. The molecule has 5 nitrogen and oxygen atoms in total. The summed E-state index contributed by atoms with van der Waals surface area (Å²) in [5.74, 6) is 1.19. The summed E-state index contributed by atoms with van der Waals surface area (Å²) in [6, 6.07) is 0. The lowest BCUT2D eigenvalue weighted by Crippen LogP contribution is -2.08. The molecule has 0 atom stereocenters. The van der Waals surface area contributed by atoms with Crippen LogP contribution in [0, 0.1) is 0 Å². The summed E-state index contributed by atoms with van der Waals surface area (Å²) in [4.78, 5) is 19.2. The van der Waals surface area contributed by atoms with Gasteiger partial charge in [0.25, 0.3) is 0 Å². The first-order chi connectivity index (χ1) is 8.30. The smallest absolute Gasteiger partial charge is 0.231 e. The van der Waals surface area contributed by atoms with Crippen molar-refractivity contribution in [1.29, 1.82) is 0 Å². The minimum atomic E-state index is -0.636. The van der Waals surface area contributed by atoms with Gasteiger partial charge in [0.1, 0.15) is 24.7 Å². The number of rotatable bonds is 6. The van der Waals surface area contributed by atoms with Gasteiger partial charge in [-0.05, 0) is 12.8 Å². The first-order valence-electron chi connectivity index (χ1n) is 5.40. The number of carbonyl (C=O) groups is 1. The summed E-state index contributed by atoms with van der Waals surface area (Å²) < 4.78 is 22.2. The molecule has 0 spiro atoms. The highest BCUT2D eigenvalue weighted by molar-refractivity contribution is 5.81. The number of hydrogen-bond acceptors (Lipinski definition) is 5. The molecule has 6 heteroatoms. The van der Waals surface area contributed by atoms with Gasteiger partial charge in [0, 0.05) is 5.92 Å². The summed E-state index contributed by atoms with van der Waals surface area (Å²) >= 11 is 0. The third-order valence-electron chi connectivity index (χ3n) is 2.46. The summed E-state index contributed by atoms with van der Waals surface area (Å²) in [5.41, 5.74) is 0.130. The van der Waals surface area contributed by atoms with Crippen molar-refractivity contribution >= 4 is 6.29 Å². The molecule has 1 aliphatic rings. The summed E-state index contributed by atoms with van der Waals surface area (Å²) in [6.07, 6.45) is 2.60. The molecule has 0 radical (unpaired) electrons. The lowest BCUT2D eigenvalue weighted by Gasteiger charge is -2.10. The van der Waals surface area contributed by atoms with Gasteiger partial charge in [-0.15, -0.1) is 0 Å². The number of methoxy groups -OCH3 is 1. The highest BCUT2D eigenvalue weighted by Crippen LogP contribution is 2.40. The monoisotopic (exact) mass is 240 g/mol. The van der Waals surface area contributed by atoms with E-state index in [9.17, 15) is 9.18 Å². The second-order valence-corrected chi connectivity index (χ2v) is 3.74. The fourth-order valence-corrected chi connectivity index (χ4v) is 1.47. The van der Waals surface area contributed by atoms with E-state index in [1.165, 1.54) is 7.11 Å². The number of hydrogen-bond donors (Lipinski definition) is 0. The van der Waals surface area contributed by atoms with E-state index in [2.05, 4.69) is 9.97 Å². The second kappa shape index (κ2) is 5.07. The molecule has 17 heavy (non-hydrogen) atoms. The molecule has 2 rings (SSSR count). The van der Waals surface area contributed by atoms with Crippen LogP contribution in [-0.4, -0.2) is 36.6 Å². The van der Waals surface area contributed by atoms with Crippen LogP contribution in [0.15, 0.2) is 0 Å². The molecule has 1 aromatic rings. The van der Waals surface area contributed by atoms with Crippen LogP contribution in [0.1, 0.15) is 34.9 Å². The van der Waals surface area contributed by atoms with Crippen molar-refractivity contribution in [3.8, 4) is 11.8 Å². The van der Waals surface area contributed by atoms with Gasteiger partial charge in [-0.3, -0.25) is 4.79 Å². The van der Waals surface area contributed by atoms with E-state index >= 15 is 0 Å². The molecule has 0 aliphatic heterocycles. The maximum atomic E-state index is 12.1. The second-order valence-electron chi connectivity index (χ2n) is 3.74. The molecule has 0 amide bonds. The topological polar surface area (TPSA) is 61.3 Å². The molecule has 0 N–H and O–H groups in total. The SMILES string of the molecule is COc1nc(C2CC2)nc(OCCF)c1C=O. The van der Waals surface area contributed by atoms with E-state index < -0.39 is 6.67 Å². The van der Waals surface area contributed by atoms with Crippen LogP contribution in [0.3, 0.4) is 0 Å². The minimum Gasteiger partial charge on any atom is -0.480 e. The first kappa shape index (κ1) is 11.8. The molecule has 1 saturated carbocycles. The molecule has 1 fully saturated rings. The Balaban J connectivity index is 2.36. The maximum Gasteiger partial charge on any atom is 0.231 e. The number of nitrogens with zero attached hydrogens (tertiary/aromatic N) is 2. The summed E-state index contributed by atoms with van der Waals surface area (Å²) in [5, 5.41) is 0. The summed E-state index contributed by atoms with van der Waals surface area (Å²) in [7, 11) is 1.42. The zero-order chi connectivity index (χ0) is 12.3. The van der Waals surface area contributed by atoms with Crippen molar-refractivity contribution in [2.75, 3.05) is 20.4 Å². The number of halogens is 1. The van der Waals surface area contributed by atoms with Gasteiger partial charge < -0.3 is 9.47 Å². The molecular weight excluding hydrogens is 227 g/mol. The molecule has 0 aromatic carbocycles. The summed E-state index contributed by atoms with van der Waals surface area (Å²) in [6.45, 7) is -0.769. The van der Waals surface area contributed by atoms with Crippen molar-refractivity contribution in [3.63, 3.8) is 0 Å². The lowest BCUT2D eigenvalue weighted by atomic mass is 10.3. The van der Waals surface area contributed by atoms with Crippen molar-refractivity contribution in [1.82, 2.24) is 9.97 Å².